The molecule has 1 N–H and O–H groups in total. The number of benzene rings is 2. The Morgan fingerprint density at radius 3 is 2.36 bits per heavy atom. The van der Waals surface area contributed by atoms with Crippen molar-refractivity contribution >= 4 is 27.5 Å². The van der Waals surface area contributed by atoms with E-state index in [2.05, 4.69) is 5.32 Å². The molecule has 2 aromatic rings. The number of hydrogen-bond acceptors (Lipinski definition) is 5. The monoisotopic (exact) mass is 517 g/mol. The van der Waals surface area contributed by atoms with Gasteiger partial charge in [-0.15, -0.1) is 0 Å². The molecule has 36 heavy (non-hydrogen) atoms. The summed E-state index contributed by atoms with van der Waals surface area (Å²) < 4.78 is 32.1. The van der Waals surface area contributed by atoms with Crippen LogP contribution in [0.3, 0.4) is 0 Å². The van der Waals surface area contributed by atoms with Gasteiger partial charge in [-0.25, -0.2) is 8.42 Å². The molecule has 0 aromatic heterocycles. The third kappa shape index (κ3) is 7.71. The summed E-state index contributed by atoms with van der Waals surface area (Å²) in [7, 11) is -2.39. The number of carbonyl (C=O) groups is 2. The van der Waals surface area contributed by atoms with Gasteiger partial charge in [-0.2, -0.15) is 0 Å². The quantitative estimate of drug-likeness (QED) is 0.408. The van der Waals surface area contributed by atoms with Crippen LogP contribution in [0.1, 0.15) is 49.8 Å². The molecule has 8 nitrogen and oxygen atoms in total. The van der Waals surface area contributed by atoms with Crippen LogP contribution >= 0.6 is 0 Å². The Labute approximate surface area is 215 Å². The second-order valence-electron chi connectivity index (χ2n) is 8.96. The Kier molecular flexibility index (Phi) is 10.8. The maximum Gasteiger partial charge on any atom is 0.244 e. The number of amides is 2. The molecule has 0 saturated carbocycles. The highest BCUT2D eigenvalue weighted by molar-refractivity contribution is 7.92. The first-order valence-electron chi connectivity index (χ1n) is 12.3. The standard InChI is InChI=1S/C27H39N3O5S/c1-7-9-16-28-27(32)23(8-2)29(18-22-13-11-10-12-21(22)4)26(31)19-30(36(6,33)34)24-17-20(3)14-15-25(24)35-5/h10-15,17,23H,7-9,16,18-19H2,1-6H3,(H,28,32)/t23-/m1/s1. The Balaban J connectivity index is 2.49. The number of nitrogens with zero attached hydrogens (tertiary/aromatic N) is 2. The Bertz CT molecular complexity index is 1150. The van der Waals surface area contributed by atoms with E-state index in [0.717, 1.165) is 40.1 Å². The van der Waals surface area contributed by atoms with E-state index in [4.69, 9.17) is 4.74 Å². The molecule has 198 valence electrons. The van der Waals surface area contributed by atoms with Crippen LogP contribution in [0.5, 0.6) is 5.75 Å². The maximum absolute atomic E-state index is 13.8. The summed E-state index contributed by atoms with van der Waals surface area (Å²) >= 11 is 0. The topological polar surface area (TPSA) is 96.0 Å². The van der Waals surface area contributed by atoms with Crippen LogP contribution in [0, 0.1) is 13.8 Å². The number of anilines is 1. The van der Waals surface area contributed by atoms with Crippen LogP contribution in [0.25, 0.3) is 0 Å². The Hall–Kier alpha value is -3.07. The molecule has 2 amide bonds. The zero-order valence-electron chi connectivity index (χ0n) is 22.2. The fraction of sp³-hybridized carbons (Fsp3) is 0.481. The molecule has 0 aliphatic carbocycles. The molecule has 2 aromatic carbocycles. The molecule has 0 saturated heterocycles. The van der Waals surface area contributed by atoms with Crippen molar-refractivity contribution in [1.29, 1.82) is 0 Å². The van der Waals surface area contributed by atoms with Gasteiger partial charge in [-0.05, 0) is 55.5 Å². The number of nitrogens with one attached hydrogen (secondary N) is 1. The van der Waals surface area contributed by atoms with Crippen molar-refractivity contribution in [3.05, 3.63) is 59.2 Å². The number of carbonyl (C=O) groups excluding carboxylic acids is 2. The zero-order valence-corrected chi connectivity index (χ0v) is 23.0. The molecule has 0 radical (unpaired) electrons. The second kappa shape index (κ2) is 13.3. The van der Waals surface area contributed by atoms with Crippen molar-refractivity contribution in [2.75, 3.05) is 30.8 Å². The van der Waals surface area contributed by atoms with E-state index in [-0.39, 0.29) is 18.1 Å². The van der Waals surface area contributed by atoms with Crippen LogP contribution in [0.4, 0.5) is 5.69 Å². The number of sulfonamides is 1. The normalized spacial score (nSPS) is 12.1. The molecule has 0 unspecified atom stereocenters. The largest absolute Gasteiger partial charge is 0.495 e. The summed E-state index contributed by atoms with van der Waals surface area (Å²) in [6, 6.07) is 12.1. The SMILES string of the molecule is CCCCNC(=O)[C@@H](CC)N(Cc1ccccc1C)C(=O)CN(c1cc(C)ccc1OC)S(C)(=O)=O. The van der Waals surface area contributed by atoms with Crippen LogP contribution < -0.4 is 14.4 Å². The number of aryl methyl sites for hydroxylation is 2. The lowest BCUT2D eigenvalue weighted by atomic mass is 10.1. The molecule has 0 spiro atoms. The number of rotatable bonds is 13. The minimum absolute atomic E-state index is 0.188. The van der Waals surface area contributed by atoms with Crippen molar-refractivity contribution in [1.82, 2.24) is 10.2 Å². The highest BCUT2D eigenvalue weighted by Gasteiger charge is 2.32. The lowest BCUT2D eigenvalue weighted by Gasteiger charge is -2.33. The van der Waals surface area contributed by atoms with E-state index in [1.165, 1.54) is 12.0 Å². The average molecular weight is 518 g/mol. The second-order valence-corrected chi connectivity index (χ2v) is 10.9. The van der Waals surface area contributed by atoms with Gasteiger partial charge in [0.1, 0.15) is 18.3 Å². The van der Waals surface area contributed by atoms with E-state index in [1.807, 2.05) is 58.0 Å². The summed E-state index contributed by atoms with van der Waals surface area (Å²) in [4.78, 5) is 28.4. The summed E-state index contributed by atoms with van der Waals surface area (Å²) in [5.74, 6) is -0.370. The van der Waals surface area contributed by atoms with Gasteiger partial charge in [0.25, 0.3) is 0 Å². The number of ether oxygens (including phenoxy) is 1. The van der Waals surface area contributed by atoms with E-state index in [0.29, 0.717) is 18.7 Å². The van der Waals surface area contributed by atoms with Crippen LogP contribution in [-0.2, 0) is 26.2 Å². The minimum Gasteiger partial charge on any atom is -0.495 e. The van der Waals surface area contributed by atoms with E-state index in [1.54, 1.807) is 12.1 Å². The highest BCUT2D eigenvalue weighted by Crippen LogP contribution is 2.31. The lowest BCUT2D eigenvalue weighted by Crippen LogP contribution is -2.52. The van der Waals surface area contributed by atoms with Crippen molar-refractivity contribution in [2.45, 2.75) is 59.5 Å². The molecule has 1 atom stereocenters. The molecular weight excluding hydrogens is 478 g/mol. The summed E-state index contributed by atoms with van der Waals surface area (Å²) in [6.45, 7) is 7.92. The number of methoxy groups -OCH3 is 1. The zero-order chi connectivity index (χ0) is 26.9. The molecule has 0 fully saturated rings. The van der Waals surface area contributed by atoms with Gasteiger partial charge in [-0.3, -0.25) is 13.9 Å². The lowest BCUT2D eigenvalue weighted by molar-refractivity contribution is -0.140. The average Bonchev–Trinajstić information content (AvgIpc) is 2.82. The van der Waals surface area contributed by atoms with Gasteiger partial charge in [0.2, 0.25) is 21.8 Å². The minimum atomic E-state index is -3.84. The van der Waals surface area contributed by atoms with Crippen molar-refractivity contribution < 1.29 is 22.7 Å². The first-order chi connectivity index (χ1) is 17.0. The van der Waals surface area contributed by atoms with E-state index in [9.17, 15) is 18.0 Å². The fourth-order valence-electron chi connectivity index (χ4n) is 3.99. The van der Waals surface area contributed by atoms with Gasteiger partial charge in [0.15, 0.2) is 0 Å². The molecule has 0 aliphatic rings. The van der Waals surface area contributed by atoms with Crippen LogP contribution in [0.2, 0.25) is 0 Å². The summed E-state index contributed by atoms with van der Waals surface area (Å²) in [5, 5.41) is 2.93. The molecule has 0 heterocycles. The van der Waals surface area contributed by atoms with Crippen molar-refractivity contribution in [3.63, 3.8) is 0 Å². The van der Waals surface area contributed by atoms with Gasteiger partial charge < -0.3 is 15.0 Å². The van der Waals surface area contributed by atoms with Gasteiger partial charge >= 0.3 is 0 Å². The van der Waals surface area contributed by atoms with Gasteiger partial charge in [-0.1, -0.05) is 50.6 Å². The highest BCUT2D eigenvalue weighted by atomic mass is 32.2. The first kappa shape index (κ1) is 29.2. The Morgan fingerprint density at radius 2 is 1.78 bits per heavy atom. The van der Waals surface area contributed by atoms with Gasteiger partial charge in [0, 0.05) is 13.1 Å². The summed E-state index contributed by atoms with van der Waals surface area (Å²) in [5.41, 5.74) is 2.98. The summed E-state index contributed by atoms with van der Waals surface area (Å²) in [6.07, 6.45) is 3.22. The molecule has 0 aliphatic heterocycles. The molecule has 2 rings (SSSR count). The molecule has 9 heteroatoms. The van der Waals surface area contributed by atoms with Crippen molar-refractivity contribution in [3.8, 4) is 5.75 Å². The molecular formula is C27H39N3O5S. The molecule has 0 bridgehead atoms. The van der Waals surface area contributed by atoms with E-state index >= 15 is 0 Å². The van der Waals surface area contributed by atoms with Crippen LogP contribution in [0.15, 0.2) is 42.5 Å². The predicted octanol–water partition coefficient (Wildman–Crippen LogP) is 3.80. The third-order valence-corrected chi connectivity index (χ3v) is 7.23. The number of hydrogen-bond donors (Lipinski definition) is 1. The fourth-order valence-corrected chi connectivity index (χ4v) is 4.83. The predicted molar refractivity (Wildman–Crippen MR) is 144 cm³/mol. The smallest absolute Gasteiger partial charge is 0.244 e. The van der Waals surface area contributed by atoms with E-state index < -0.39 is 28.5 Å². The number of unbranched alkanes of at least 4 members (excludes halogenated alkanes) is 1. The van der Waals surface area contributed by atoms with Crippen LogP contribution in [-0.4, -0.2) is 57.6 Å². The maximum atomic E-state index is 13.8. The first-order valence-corrected chi connectivity index (χ1v) is 14.1. The third-order valence-electron chi connectivity index (χ3n) is 6.10. The van der Waals surface area contributed by atoms with Gasteiger partial charge in [0.05, 0.1) is 19.1 Å². The van der Waals surface area contributed by atoms with Crippen molar-refractivity contribution in [2.24, 2.45) is 0 Å². The Morgan fingerprint density at radius 1 is 1.08 bits per heavy atom.